The van der Waals surface area contributed by atoms with E-state index < -0.39 is 5.79 Å². The summed E-state index contributed by atoms with van der Waals surface area (Å²) in [6.45, 7) is 0.478. The Morgan fingerprint density at radius 3 is 2.52 bits per heavy atom. The van der Waals surface area contributed by atoms with Crippen molar-refractivity contribution in [2.75, 3.05) is 11.9 Å². The summed E-state index contributed by atoms with van der Waals surface area (Å²) < 4.78 is 13.2. The van der Waals surface area contributed by atoms with E-state index >= 15 is 0 Å². The van der Waals surface area contributed by atoms with Crippen LogP contribution in [-0.4, -0.2) is 11.9 Å². The average molecular weight is 433 g/mol. The van der Waals surface area contributed by atoms with Crippen LogP contribution >= 0.6 is 43.5 Å². The topological polar surface area (TPSA) is 18.5 Å². The van der Waals surface area contributed by atoms with Gasteiger partial charge in [0.05, 0.1) is 11.9 Å². The van der Waals surface area contributed by atoms with Crippen molar-refractivity contribution < 1.29 is 9.47 Å². The molecular formula is C16H13Br2ClO2. The Hall–Kier alpha value is -0.390. The molecule has 0 N–H and O–H groups in total. The third-order valence-electron chi connectivity index (χ3n) is 3.51. The number of alkyl halides is 1. The number of benzene rings is 2. The molecule has 0 saturated carbocycles. The van der Waals surface area contributed by atoms with Gasteiger partial charge in [0.1, 0.15) is 6.10 Å². The summed E-state index contributed by atoms with van der Waals surface area (Å²) in [7, 11) is 0. The molecule has 5 heteroatoms. The van der Waals surface area contributed by atoms with Crippen LogP contribution in [0.4, 0.5) is 0 Å². The highest BCUT2D eigenvalue weighted by atomic mass is 79.9. The first-order valence-corrected chi connectivity index (χ1v) is 8.82. The third-order valence-corrected chi connectivity index (χ3v) is 5.12. The lowest BCUT2D eigenvalue weighted by atomic mass is 10.1. The molecule has 0 spiro atoms. The summed E-state index contributed by atoms with van der Waals surface area (Å²) in [5.41, 5.74) is 1.94. The van der Waals surface area contributed by atoms with Crippen molar-refractivity contribution in [2.24, 2.45) is 0 Å². The minimum Gasteiger partial charge on any atom is -0.342 e. The molecule has 0 bridgehead atoms. The molecule has 1 heterocycles. The van der Waals surface area contributed by atoms with Gasteiger partial charge in [0.25, 0.3) is 0 Å². The Balaban J connectivity index is 1.90. The minimum absolute atomic E-state index is 0.167. The number of halogens is 3. The van der Waals surface area contributed by atoms with E-state index in [4.69, 9.17) is 21.1 Å². The highest BCUT2D eigenvalue weighted by Gasteiger charge is 2.43. The smallest absolute Gasteiger partial charge is 0.205 e. The maximum absolute atomic E-state index is 6.25. The lowest BCUT2D eigenvalue weighted by molar-refractivity contribution is -0.157. The van der Waals surface area contributed by atoms with Crippen LogP contribution in [0.2, 0.25) is 5.02 Å². The Labute approximate surface area is 145 Å². The van der Waals surface area contributed by atoms with Crippen molar-refractivity contribution >= 4 is 43.5 Å². The molecule has 0 radical (unpaired) electrons. The number of ether oxygens (including phenoxy) is 2. The SMILES string of the molecule is Clc1ccccc1C1COC(CBr)(c2ccc(Br)cc2)O1. The number of rotatable bonds is 3. The van der Waals surface area contributed by atoms with Gasteiger partial charge in [-0.05, 0) is 18.2 Å². The summed E-state index contributed by atoms with van der Waals surface area (Å²) in [6.07, 6.45) is -0.167. The Kier molecular flexibility index (Phi) is 4.71. The van der Waals surface area contributed by atoms with E-state index in [-0.39, 0.29) is 6.10 Å². The highest BCUT2D eigenvalue weighted by molar-refractivity contribution is 9.10. The second-order valence-electron chi connectivity index (χ2n) is 4.83. The largest absolute Gasteiger partial charge is 0.342 e. The van der Waals surface area contributed by atoms with Crippen molar-refractivity contribution in [2.45, 2.75) is 11.9 Å². The fourth-order valence-electron chi connectivity index (χ4n) is 2.40. The fourth-order valence-corrected chi connectivity index (χ4v) is 3.54. The molecule has 110 valence electrons. The first-order chi connectivity index (χ1) is 10.1. The first kappa shape index (κ1) is 15.5. The highest BCUT2D eigenvalue weighted by Crippen LogP contribution is 2.43. The van der Waals surface area contributed by atoms with Gasteiger partial charge in [0.15, 0.2) is 0 Å². The van der Waals surface area contributed by atoms with Crippen LogP contribution in [0.5, 0.6) is 0 Å². The van der Waals surface area contributed by atoms with Gasteiger partial charge in [-0.2, -0.15) is 0 Å². The summed E-state index contributed by atoms with van der Waals surface area (Å²) >= 11 is 13.2. The van der Waals surface area contributed by atoms with Gasteiger partial charge < -0.3 is 9.47 Å². The molecule has 0 amide bonds. The second-order valence-corrected chi connectivity index (χ2v) is 6.72. The molecule has 1 aliphatic heterocycles. The van der Waals surface area contributed by atoms with E-state index in [1.54, 1.807) is 0 Å². The van der Waals surface area contributed by atoms with Gasteiger partial charge in [0, 0.05) is 20.6 Å². The zero-order valence-electron chi connectivity index (χ0n) is 11.1. The van der Waals surface area contributed by atoms with Crippen LogP contribution in [-0.2, 0) is 15.3 Å². The molecule has 2 nitrogen and oxygen atoms in total. The monoisotopic (exact) mass is 430 g/mol. The van der Waals surface area contributed by atoms with Crippen molar-refractivity contribution in [1.82, 2.24) is 0 Å². The molecule has 0 aliphatic carbocycles. The minimum atomic E-state index is -0.773. The zero-order valence-corrected chi connectivity index (χ0v) is 15.0. The van der Waals surface area contributed by atoms with Crippen molar-refractivity contribution in [3.05, 3.63) is 69.2 Å². The molecule has 2 aromatic rings. The zero-order chi connectivity index (χ0) is 14.9. The van der Waals surface area contributed by atoms with E-state index in [1.807, 2.05) is 48.5 Å². The summed E-state index contributed by atoms with van der Waals surface area (Å²) in [5.74, 6) is -0.773. The fraction of sp³-hybridized carbons (Fsp3) is 0.250. The van der Waals surface area contributed by atoms with E-state index in [1.165, 1.54) is 0 Å². The lowest BCUT2D eigenvalue weighted by Crippen LogP contribution is -2.29. The van der Waals surface area contributed by atoms with Crippen LogP contribution in [0.15, 0.2) is 53.0 Å². The third kappa shape index (κ3) is 3.06. The van der Waals surface area contributed by atoms with Crippen molar-refractivity contribution in [1.29, 1.82) is 0 Å². The predicted octanol–water partition coefficient (Wildman–Crippen LogP) is 5.44. The normalized spacial score (nSPS) is 25.2. The molecule has 21 heavy (non-hydrogen) atoms. The Morgan fingerprint density at radius 2 is 1.86 bits per heavy atom. The molecule has 1 saturated heterocycles. The van der Waals surface area contributed by atoms with Crippen LogP contribution in [0, 0.1) is 0 Å². The summed E-state index contributed by atoms with van der Waals surface area (Å²) in [5, 5.41) is 1.26. The molecule has 1 fully saturated rings. The van der Waals surface area contributed by atoms with Crippen LogP contribution in [0.3, 0.4) is 0 Å². The van der Waals surface area contributed by atoms with Gasteiger partial charge in [-0.25, -0.2) is 0 Å². The predicted molar refractivity (Wildman–Crippen MR) is 90.8 cm³/mol. The molecule has 2 unspecified atom stereocenters. The maximum atomic E-state index is 6.25. The molecule has 2 atom stereocenters. The van der Waals surface area contributed by atoms with Crippen LogP contribution in [0.1, 0.15) is 17.2 Å². The summed E-state index contributed by atoms with van der Waals surface area (Å²) in [4.78, 5) is 0. The Bertz CT molecular complexity index is 632. The van der Waals surface area contributed by atoms with Crippen LogP contribution < -0.4 is 0 Å². The van der Waals surface area contributed by atoms with Crippen LogP contribution in [0.25, 0.3) is 0 Å². The summed E-state index contributed by atoms with van der Waals surface area (Å²) in [6, 6.07) is 15.7. The molecular weight excluding hydrogens is 419 g/mol. The van der Waals surface area contributed by atoms with E-state index in [9.17, 15) is 0 Å². The molecule has 0 aromatic heterocycles. The van der Waals surface area contributed by atoms with E-state index in [0.717, 1.165) is 15.6 Å². The van der Waals surface area contributed by atoms with Gasteiger partial charge >= 0.3 is 0 Å². The van der Waals surface area contributed by atoms with Gasteiger partial charge in [0.2, 0.25) is 5.79 Å². The van der Waals surface area contributed by atoms with Crippen molar-refractivity contribution in [3.8, 4) is 0 Å². The van der Waals surface area contributed by atoms with Gasteiger partial charge in [-0.1, -0.05) is 73.8 Å². The number of hydrogen-bond acceptors (Lipinski definition) is 2. The maximum Gasteiger partial charge on any atom is 0.205 e. The van der Waals surface area contributed by atoms with Gasteiger partial charge in [-0.3, -0.25) is 0 Å². The standard InChI is InChI=1S/C16H13Br2ClO2/c17-10-16(11-5-7-12(18)8-6-11)20-9-15(21-16)13-3-1-2-4-14(13)19/h1-8,15H,9-10H2. The molecule has 1 aliphatic rings. The average Bonchev–Trinajstić information content (AvgIpc) is 2.94. The second kappa shape index (κ2) is 6.39. The molecule has 3 rings (SSSR count). The first-order valence-electron chi connectivity index (χ1n) is 6.53. The Morgan fingerprint density at radius 1 is 1.14 bits per heavy atom. The van der Waals surface area contributed by atoms with E-state index in [2.05, 4.69) is 31.9 Å². The van der Waals surface area contributed by atoms with Crippen molar-refractivity contribution in [3.63, 3.8) is 0 Å². The molecule has 2 aromatic carbocycles. The quantitative estimate of drug-likeness (QED) is 0.602. The van der Waals surface area contributed by atoms with Gasteiger partial charge in [-0.15, -0.1) is 0 Å². The number of hydrogen-bond donors (Lipinski definition) is 0. The lowest BCUT2D eigenvalue weighted by Gasteiger charge is -2.26. The van der Waals surface area contributed by atoms with E-state index in [0.29, 0.717) is 17.0 Å².